The summed E-state index contributed by atoms with van der Waals surface area (Å²) in [7, 11) is 3.42. The second-order valence-electron chi connectivity index (χ2n) is 7.18. The zero-order valence-corrected chi connectivity index (χ0v) is 16.3. The van der Waals surface area contributed by atoms with Gasteiger partial charge in [0.2, 0.25) is 0 Å². The molecule has 148 valence electrons. The maximum Gasteiger partial charge on any atom is 0.165 e. The van der Waals surface area contributed by atoms with Gasteiger partial charge in [0.25, 0.3) is 0 Å². The Morgan fingerprint density at radius 2 is 1.78 bits per heavy atom. The lowest BCUT2D eigenvalue weighted by Crippen LogP contribution is -2.30. The molecule has 0 fully saturated rings. The van der Waals surface area contributed by atoms with Crippen LogP contribution in [0.4, 0.5) is 0 Å². The van der Waals surface area contributed by atoms with Crippen molar-refractivity contribution in [3.63, 3.8) is 0 Å². The number of fused-ring (bicyclic) bond motifs is 1. The summed E-state index contributed by atoms with van der Waals surface area (Å²) in [5.74, 6) is 1.59. The minimum Gasteiger partial charge on any atom is -0.493 e. The van der Waals surface area contributed by atoms with Gasteiger partial charge in [0.1, 0.15) is 0 Å². The summed E-state index contributed by atoms with van der Waals surface area (Å²) < 4.78 is 11.4. The molecule has 0 saturated heterocycles. The normalized spacial score (nSPS) is 19.3. The molecule has 2 aromatic carbocycles. The fraction of sp³-hybridized carbons (Fsp3) is 0.500. The van der Waals surface area contributed by atoms with Crippen molar-refractivity contribution in [2.75, 3.05) is 14.2 Å². The van der Waals surface area contributed by atoms with Gasteiger partial charge in [0.05, 0.1) is 14.2 Å². The molecular formula is C24H35NO2. The van der Waals surface area contributed by atoms with Crippen molar-refractivity contribution >= 4 is 0 Å². The first kappa shape index (κ1) is 21.3. The first-order chi connectivity index (χ1) is 12.7. The average Bonchev–Trinajstić information content (AvgIpc) is 2.68. The lowest BCUT2D eigenvalue weighted by Gasteiger charge is -2.39. The Morgan fingerprint density at radius 1 is 1.04 bits per heavy atom. The molecule has 1 unspecified atom stereocenters. The van der Waals surface area contributed by atoms with E-state index in [2.05, 4.69) is 43.3 Å². The van der Waals surface area contributed by atoms with Gasteiger partial charge in [0.15, 0.2) is 11.5 Å². The van der Waals surface area contributed by atoms with Gasteiger partial charge in [-0.25, -0.2) is 0 Å². The summed E-state index contributed by atoms with van der Waals surface area (Å²) in [6.07, 6.45) is 6.96. The molecule has 0 heterocycles. The highest BCUT2D eigenvalue weighted by Crippen LogP contribution is 2.48. The lowest BCUT2D eigenvalue weighted by atomic mass is 9.65. The van der Waals surface area contributed by atoms with Gasteiger partial charge >= 0.3 is 0 Å². The molecule has 0 aliphatic heterocycles. The Labute approximate surface area is 164 Å². The van der Waals surface area contributed by atoms with Crippen LogP contribution in [-0.4, -0.2) is 14.2 Å². The molecule has 3 heteroatoms. The van der Waals surface area contributed by atoms with E-state index < -0.39 is 0 Å². The van der Waals surface area contributed by atoms with E-state index in [1.807, 2.05) is 0 Å². The van der Waals surface area contributed by atoms with Gasteiger partial charge in [-0.1, -0.05) is 57.5 Å². The third kappa shape index (κ3) is 3.70. The van der Waals surface area contributed by atoms with Gasteiger partial charge < -0.3 is 15.2 Å². The molecule has 1 aliphatic rings. The van der Waals surface area contributed by atoms with E-state index in [9.17, 15) is 0 Å². The molecule has 27 heavy (non-hydrogen) atoms. The second kappa shape index (κ2) is 9.27. The van der Waals surface area contributed by atoms with Crippen molar-refractivity contribution in [1.82, 2.24) is 0 Å². The van der Waals surface area contributed by atoms with Gasteiger partial charge in [0, 0.05) is 17.5 Å². The standard InChI is InChI=1S/C23H31NO2.CH4/c1-4-23(17-11-7-5-8-12-17)14-10-6-9-13-18-19(16-24)22(26-3)21(25-2)15-20(18)23;/h5,7-8,11-12,15H,4,6,9-10,13-14,16,24H2,1-3H3;1H4. The smallest absolute Gasteiger partial charge is 0.165 e. The van der Waals surface area contributed by atoms with Crippen LogP contribution in [0.25, 0.3) is 0 Å². The predicted molar refractivity (Wildman–Crippen MR) is 114 cm³/mol. The van der Waals surface area contributed by atoms with E-state index in [0.717, 1.165) is 36.3 Å². The van der Waals surface area contributed by atoms with Crippen LogP contribution in [0, 0.1) is 0 Å². The molecule has 0 amide bonds. The first-order valence-electron chi connectivity index (χ1n) is 9.74. The highest BCUT2D eigenvalue weighted by Gasteiger charge is 2.37. The SMILES string of the molecule is C.CCC1(c2ccccc2)CCCCCc2c1cc(OC)c(OC)c2CN. The molecule has 2 aromatic rings. The highest BCUT2D eigenvalue weighted by molar-refractivity contribution is 5.59. The van der Waals surface area contributed by atoms with Gasteiger partial charge in [-0.05, 0) is 48.4 Å². The summed E-state index contributed by atoms with van der Waals surface area (Å²) in [5, 5.41) is 0. The van der Waals surface area contributed by atoms with Crippen LogP contribution in [0.2, 0.25) is 0 Å². The summed E-state index contributed by atoms with van der Waals surface area (Å²) in [4.78, 5) is 0. The molecule has 3 nitrogen and oxygen atoms in total. The molecule has 0 spiro atoms. The monoisotopic (exact) mass is 369 g/mol. The van der Waals surface area contributed by atoms with Crippen molar-refractivity contribution in [3.05, 3.63) is 58.7 Å². The zero-order valence-electron chi connectivity index (χ0n) is 16.3. The summed E-state index contributed by atoms with van der Waals surface area (Å²) >= 11 is 0. The van der Waals surface area contributed by atoms with Crippen LogP contribution in [0.1, 0.15) is 68.7 Å². The quantitative estimate of drug-likeness (QED) is 0.745. The topological polar surface area (TPSA) is 44.5 Å². The Hall–Kier alpha value is -2.00. The van der Waals surface area contributed by atoms with E-state index in [1.54, 1.807) is 14.2 Å². The van der Waals surface area contributed by atoms with Crippen LogP contribution in [0.5, 0.6) is 11.5 Å². The van der Waals surface area contributed by atoms with Crippen molar-refractivity contribution in [1.29, 1.82) is 0 Å². The Morgan fingerprint density at radius 3 is 2.37 bits per heavy atom. The van der Waals surface area contributed by atoms with Crippen molar-refractivity contribution in [2.45, 2.75) is 64.8 Å². The maximum atomic E-state index is 6.20. The number of nitrogens with two attached hydrogens (primary N) is 1. The van der Waals surface area contributed by atoms with Gasteiger partial charge in [-0.15, -0.1) is 0 Å². The van der Waals surface area contributed by atoms with E-state index in [4.69, 9.17) is 15.2 Å². The minimum absolute atomic E-state index is 0. The van der Waals surface area contributed by atoms with Crippen LogP contribution in [0.3, 0.4) is 0 Å². The van der Waals surface area contributed by atoms with Crippen LogP contribution < -0.4 is 15.2 Å². The Bertz CT molecular complexity index is 742. The third-order valence-electron chi connectivity index (χ3n) is 6.07. The summed E-state index contributed by atoms with van der Waals surface area (Å²) in [6.45, 7) is 2.77. The highest BCUT2D eigenvalue weighted by atomic mass is 16.5. The van der Waals surface area contributed by atoms with E-state index in [0.29, 0.717) is 6.54 Å². The summed E-state index contributed by atoms with van der Waals surface area (Å²) in [5.41, 5.74) is 11.4. The molecule has 1 aliphatic carbocycles. The van der Waals surface area contributed by atoms with Crippen molar-refractivity contribution < 1.29 is 9.47 Å². The number of methoxy groups -OCH3 is 2. The number of hydrogen-bond donors (Lipinski definition) is 1. The first-order valence-corrected chi connectivity index (χ1v) is 9.74. The Kier molecular flexibility index (Phi) is 7.32. The number of ether oxygens (including phenoxy) is 2. The van der Waals surface area contributed by atoms with E-state index in [1.165, 1.54) is 36.0 Å². The molecule has 1 atom stereocenters. The fourth-order valence-corrected chi connectivity index (χ4v) is 4.70. The number of hydrogen-bond acceptors (Lipinski definition) is 3. The average molecular weight is 370 g/mol. The number of rotatable bonds is 5. The lowest BCUT2D eigenvalue weighted by molar-refractivity contribution is 0.345. The Balaban J connectivity index is 0.00000261. The fourth-order valence-electron chi connectivity index (χ4n) is 4.70. The zero-order chi connectivity index (χ0) is 18.6. The van der Waals surface area contributed by atoms with Gasteiger partial charge in [-0.2, -0.15) is 0 Å². The predicted octanol–water partition coefficient (Wildman–Crippen LogP) is 5.61. The third-order valence-corrected chi connectivity index (χ3v) is 6.07. The van der Waals surface area contributed by atoms with E-state index in [-0.39, 0.29) is 12.8 Å². The molecule has 2 N–H and O–H groups in total. The molecule has 0 aromatic heterocycles. The van der Waals surface area contributed by atoms with Crippen LogP contribution >= 0.6 is 0 Å². The van der Waals surface area contributed by atoms with Gasteiger partial charge in [-0.3, -0.25) is 0 Å². The minimum atomic E-state index is 0. The van der Waals surface area contributed by atoms with E-state index >= 15 is 0 Å². The second-order valence-corrected chi connectivity index (χ2v) is 7.18. The number of benzene rings is 2. The summed E-state index contributed by atoms with van der Waals surface area (Å²) in [6, 6.07) is 13.2. The van der Waals surface area contributed by atoms with Crippen molar-refractivity contribution in [3.8, 4) is 11.5 Å². The van der Waals surface area contributed by atoms with Crippen LogP contribution in [-0.2, 0) is 18.4 Å². The van der Waals surface area contributed by atoms with Crippen LogP contribution in [0.15, 0.2) is 36.4 Å². The molecule has 3 rings (SSSR count). The largest absolute Gasteiger partial charge is 0.493 e. The molecule has 0 saturated carbocycles. The molecular weight excluding hydrogens is 334 g/mol. The maximum absolute atomic E-state index is 6.20. The molecule has 0 radical (unpaired) electrons. The molecule has 0 bridgehead atoms. The van der Waals surface area contributed by atoms with Crippen molar-refractivity contribution in [2.24, 2.45) is 5.73 Å².